The summed E-state index contributed by atoms with van der Waals surface area (Å²) in [6.07, 6.45) is 0.977. The van der Waals surface area contributed by atoms with Crippen molar-refractivity contribution < 1.29 is 9.53 Å². The molecule has 3 rings (SSSR count). The monoisotopic (exact) mass is 332 g/mol. The van der Waals surface area contributed by atoms with Crippen LogP contribution in [0.1, 0.15) is 28.3 Å². The second-order valence-corrected chi connectivity index (χ2v) is 5.60. The molecule has 1 heterocycles. The predicted octanol–water partition coefficient (Wildman–Crippen LogP) is 3.33. The van der Waals surface area contributed by atoms with Crippen LogP contribution in [0.25, 0.3) is 0 Å². The summed E-state index contributed by atoms with van der Waals surface area (Å²) in [5, 5.41) is 0. The molecule has 0 spiro atoms. The minimum absolute atomic E-state index is 0. The molecule has 5 heteroatoms. The van der Waals surface area contributed by atoms with Gasteiger partial charge >= 0.3 is 0 Å². The third-order valence-electron chi connectivity index (χ3n) is 4.25. The molecule has 0 aliphatic carbocycles. The number of hydrogen-bond acceptors (Lipinski definition) is 3. The number of ether oxygens (including phenoxy) is 1. The maximum absolute atomic E-state index is 12.6. The summed E-state index contributed by atoms with van der Waals surface area (Å²) in [5.41, 5.74) is 8.29. The van der Waals surface area contributed by atoms with Crippen LogP contribution in [-0.2, 0) is 0 Å². The number of hydrogen-bond donors (Lipinski definition) is 1. The number of anilines is 1. The van der Waals surface area contributed by atoms with Crippen molar-refractivity contribution in [3.63, 3.8) is 0 Å². The SMILES string of the molecule is COc1ccc(C2CCN(C(=O)c3ccccc3N)C2)cc1.Cl. The number of nitrogens with two attached hydrogens (primary N) is 1. The maximum atomic E-state index is 12.6. The normalized spacial score (nSPS) is 16.7. The van der Waals surface area contributed by atoms with E-state index in [1.165, 1.54) is 5.56 Å². The Morgan fingerprint density at radius 3 is 2.52 bits per heavy atom. The second kappa shape index (κ2) is 7.38. The highest BCUT2D eigenvalue weighted by atomic mass is 35.5. The molecule has 0 radical (unpaired) electrons. The number of carbonyl (C=O) groups is 1. The van der Waals surface area contributed by atoms with Crippen molar-refractivity contribution in [3.05, 3.63) is 59.7 Å². The Kier molecular flexibility index (Phi) is 5.50. The first-order valence-corrected chi connectivity index (χ1v) is 7.47. The first-order chi connectivity index (χ1) is 10.7. The van der Waals surface area contributed by atoms with E-state index in [2.05, 4.69) is 12.1 Å². The second-order valence-electron chi connectivity index (χ2n) is 5.60. The molecule has 23 heavy (non-hydrogen) atoms. The van der Waals surface area contributed by atoms with Gasteiger partial charge in [-0.15, -0.1) is 12.4 Å². The smallest absolute Gasteiger partial charge is 0.255 e. The lowest BCUT2D eigenvalue weighted by atomic mass is 9.98. The summed E-state index contributed by atoms with van der Waals surface area (Å²) < 4.78 is 5.18. The van der Waals surface area contributed by atoms with Crippen molar-refractivity contribution in [1.29, 1.82) is 0 Å². The molecule has 0 saturated carbocycles. The van der Waals surface area contributed by atoms with Crippen LogP contribution in [0.3, 0.4) is 0 Å². The molecule has 2 aromatic rings. The molecule has 1 unspecified atom stereocenters. The number of carbonyl (C=O) groups excluding carboxylic acids is 1. The molecule has 1 saturated heterocycles. The number of methoxy groups -OCH3 is 1. The van der Waals surface area contributed by atoms with Crippen molar-refractivity contribution >= 4 is 24.0 Å². The Balaban J connectivity index is 0.00000192. The summed E-state index contributed by atoms with van der Waals surface area (Å²) >= 11 is 0. The fourth-order valence-electron chi connectivity index (χ4n) is 2.96. The average Bonchev–Trinajstić information content (AvgIpc) is 3.05. The molecule has 2 aromatic carbocycles. The number of likely N-dealkylation sites (tertiary alicyclic amines) is 1. The maximum Gasteiger partial charge on any atom is 0.255 e. The van der Waals surface area contributed by atoms with Gasteiger partial charge in [-0.3, -0.25) is 4.79 Å². The minimum Gasteiger partial charge on any atom is -0.497 e. The van der Waals surface area contributed by atoms with Gasteiger partial charge in [-0.05, 0) is 36.2 Å². The van der Waals surface area contributed by atoms with Gasteiger partial charge in [-0.2, -0.15) is 0 Å². The topological polar surface area (TPSA) is 55.6 Å². The van der Waals surface area contributed by atoms with Gasteiger partial charge in [0.2, 0.25) is 0 Å². The third kappa shape index (κ3) is 3.59. The van der Waals surface area contributed by atoms with Crippen molar-refractivity contribution in [2.24, 2.45) is 0 Å². The number of benzene rings is 2. The number of para-hydroxylation sites is 1. The number of halogens is 1. The lowest BCUT2D eigenvalue weighted by Gasteiger charge is -2.18. The highest BCUT2D eigenvalue weighted by molar-refractivity contribution is 5.99. The summed E-state index contributed by atoms with van der Waals surface area (Å²) in [7, 11) is 1.66. The van der Waals surface area contributed by atoms with Crippen molar-refractivity contribution in [2.45, 2.75) is 12.3 Å². The molecule has 1 atom stereocenters. The zero-order valence-corrected chi connectivity index (χ0v) is 13.9. The molecular formula is C18H21ClN2O2. The molecule has 0 bridgehead atoms. The highest BCUT2D eigenvalue weighted by Crippen LogP contribution is 2.29. The van der Waals surface area contributed by atoms with Gasteiger partial charge in [0.15, 0.2) is 0 Å². The van der Waals surface area contributed by atoms with E-state index in [0.29, 0.717) is 17.2 Å². The minimum atomic E-state index is 0. The van der Waals surface area contributed by atoms with Gasteiger partial charge in [-0.1, -0.05) is 24.3 Å². The number of nitrogen functional groups attached to an aromatic ring is 1. The summed E-state index contributed by atoms with van der Waals surface area (Å²) in [6, 6.07) is 15.3. The quantitative estimate of drug-likeness (QED) is 0.877. The summed E-state index contributed by atoms with van der Waals surface area (Å²) in [4.78, 5) is 14.5. The average molecular weight is 333 g/mol. The fourth-order valence-corrected chi connectivity index (χ4v) is 2.96. The van der Waals surface area contributed by atoms with Gasteiger partial charge in [0.25, 0.3) is 5.91 Å². The van der Waals surface area contributed by atoms with Crippen molar-refractivity contribution in [3.8, 4) is 5.75 Å². The molecule has 122 valence electrons. The highest BCUT2D eigenvalue weighted by Gasteiger charge is 2.28. The standard InChI is InChI=1S/C18H20N2O2.ClH/c1-22-15-8-6-13(7-9-15)14-10-11-20(12-14)18(21)16-4-2-3-5-17(16)19;/h2-9,14H,10-12,19H2,1H3;1H. The van der Waals surface area contributed by atoms with E-state index in [1.807, 2.05) is 29.2 Å². The number of amides is 1. The molecule has 1 aliphatic heterocycles. The zero-order valence-electron chi connectivity index (χ0n) is 13.1. The molecule has 2 N–H and O–H groups in total. The molecule has 1 amide bonds. The molecule has 4 nitrogen and oxygen atoms in total. The van der Waals surface area contributed by atoms with Crippen LogP contribution >= 0.6 is 12.4 Å². The van der Waals surface area contributed by atoms with E-state index >= 15 is 0 Å². The lowest BCUT2D eigenvalue weighted by molar-refractivity contribution is 0.0792. The lowest BCUT2D eigenvalue weighted by Crippen LogP contribution is -2.29. The Morgan fingerprint density at radius 2 is 1.87 bits per heavy atom. The summed E-state index contributed by atoms with van der Waals surface area (Å²) in [6.45, 7) is 1.50. The molecule has 0 aromatic heterocycles. The first-order valence-electron chi connectivity index (χ1n) is 7.47. The van der Waals surface area contributed by atoms with Gasteiger partial charge in [-0.25, -0.2) is 0 Å². The van der Waals surface area contributed by atoms with E-state index in [9.17, 15) is 4.79 Å². The van der Waals surface area contributed by atoms with E-state index in [-0.39, 0.29) is 18.3 Å². The van der Waals surface area contributed by atoms with Crippen molar-refractivity contribution in [2.75, 3.05) is 25.9 Å². The Morgan fingerprint density at radius 1 is 1.17 bits per heavy atom. The Bertz CT molecular complexity index is 673. The van der Waals surface area contributed by atoms with E-state index in [0.717, 1.165) is 25.3 Å². The van der Waals surface area contributed by atoms with Crippen LogP contribution in [0.2, 0.25) is 0 Å². The van der Waals surface area contributed by atoms with Gasteiger partial charge in [0.05, 0.1) is 12.7 Å². The van der Waals surface area contributed by atoms with Gasteiger partial charge < -0.3 is 15.4 Å². The van der Waals surface area contributed by atoms with E-state index in [4.69, 9.17) is 10.5 Å². The molecule has 1 fully saturated rings. The van der Waals surface area contributed by atoms with Crippen LogP contribution in [0, 0.1) is 0 Å². The number of rotatable bonds is 3. The molecule has 1 aliphatic rings. The van der Waals surface area contributed by atoms with Gasteiger partial charge in [0, 0.05) is 24.7 Å². The summed E-state index contributed by atoms with van der Waals surface area (Å²) in [5.74, 6) is 1.25. The van der Waals surface area contributed by atoms with Crippen LogP contribution in [0.4, 0.5) is 5.69 Å². The zero-order chi connectivity index (χ0) is 15.5. The van der Waals surface area contributed by atoms with E-state index < -0.39 is 0 Å². The Labute approximate surface area is 142 Å². The van der Waals surface area contributed by atoms with E-state index in [1.54, 1.807) is 19.2 Å². The predicted molar refractivity (Wildman–Crippen MR) is 94.4 cm³/mol. The Hall–Kier alpha value is -2.20. The largest absolute Gasteiger partial charge is 0.497 e. The van der Waals surface area contributed by atoms with Gasteiger partial charge in [0.1, 0.15) is 5.75 Å². The molecular weight excluding hydrogens is 312 g/mol. The van der Waals surface area contributed by atoms with Crippen LogP contribution < -0.4 is 10.5 Å². The van der Waals surface area contributed by atoms with Crippen LogP contribution in [0.5, 0.6) is 5.75 Å². The van der Waals surface area contributed by atoms with Crippen molar-refractivity contribution in [1.82, 2.24) is 4.90 Å². The van der Waals surface area contributed by atoms with Crippen LogP contribution in [0.15, 0.2) is 48.5 Å². The first kappa shape index (κ1) is 17.2. The number of nitrogens with zero attached hydrogens (tertiary/aromatic N) is 1. The fraction of sp³-hybridized carbons (Fsp3) is 0.278. The van der Waals surface area contributed by atoms with Crippen LogP contribution in [-0.4, -0.2) is 31.0 Å². The third-order valence-corrected chi connectivity index (χ3v) is 4.25.